The molecule has 3 heterocycles. The molecule has 2 aliphatic rings. The molecular weight excluding hydrogens is 298 g/mol. The fourth-order valence-corrected chi connectivity index (χ4v) is 5.46. The maximum Gasteiger partial charge on any atom is 0.211 e. The third-order valence-electron chi connectivity index (χ3n) is 4.93. The maximum absolute atomic E-state index is 12.2. The number of hydrogen-bond donors (Lipinski definition) is 0. The zero-order valence-electron chi connectivity index (χ0n) is 13.2. The van der Waals surface area contributed by atoms with Gasteiger partial charge in [0.15, 0.2) is 0 Å². The molecule has 2 saturated heterocycles. The molecule has 22 heavy (non-hydrogen) atoms. The minimum atomic E-state index is -3.14. The summed E-state index contributed by atoms with van der Waals surface area (Å²) >= 11 is 0. The zero-order valence-corrected chi connectivity index (χ0v) is 14.1. The summed E-state index contributed by atoms with van der Waals surface area (Å²) in [5.41, 5.74) is 0.861. The van der Waals surface area contributed by atoms with Crippen LogP contribution in [0.2, 0.25) is 0 Å². The summed E-state index contributed by atoms with van der Waals surface area (Å²) < 4.78 is 26.2. The third kappa shape index (κ3) is 3.34. The van der Waals surface area contributed by atoms with Crippen molar-refractivity contribution in [2.75, 3.05) is 25.9 Å². The lowest BCUT2D eigenvalue weighted by Crippen LogP contribution is -2.61. The first-order chi connectivity index (χ1) is 10.5. The second-order valence-corrected chi connectivity index (χ2v) is 8.56. The first kappa shape index (κ1) is 15.9. The van der Waals surface area contributed by atoms with Gasteiger partial charge in [0, 0.05) is 31.4 Å². The van der Waals surface area contributed by atoms with Gasteiger partial charge in [-0.2, -0.15) is 4.31 Å². The van der Waals surface area contributed by atoms with E-state index in [4.69, 9.17) is 0 Å². The Labute approximate surface area is 133 Å². The monoisotopic (exact) mass is 323 g/mol. The van der Waals surface area contributed by atoms with Crippen molar-refractivity contribution in [3.63, 3.8) is 0 Å². The highest BCUT2D eigenvalue weighted by Crippen LogP contribution is 2.37. The van der Waals surface area contributed by atoms with Crippen molar-refractivity contribution >= 4 is 10.0 Å². The van der Waals surface area contributed by atoms with Crippen LogP contribution in [0, 0.1) is 0 Å². The molecule has 2 aliphatic heterocycles. The molecule has 0 bridgehead atoms. The molecule has 2 fully saturated rings. The maximum atomic E-state index is 12.2. The van der Waals surface area contributed by atoms with Crippen LogP contribution in [0.3, 0.4) is 0 Å². The molecule has 0 aliphatic carbocycles. The normalized spacial score (nSPS) is 28.0. The lowest BCUT2D eigenvalue weighted by Gasteiger charge is -2.51. The fourth-order valence-electron chi connectivity index (χ4n) is 4.06. The topological polar surface area (TPSA) is 53.5 Å². The van der Waals surface area contributed by atoms with E-state index in [1.807, 2.05) is 24.4 Å². The Balaban J connectivity index is 1.78. The number of hydrogen-bond acceptors (Lipinski definition) is 4. The van der Waals surface area contributed by atoms with Gasteiger partial charge in [-0.25, -0.2) is 8.42 Å². The molecule has 0 radical (unpaired) electrons. The third-order valence-corrected chi connectivity index (χ3v) is 6.30. The SMILES string of the molecule is CS(=O)(=O)N1CCCC[C@]12CCCN(Cc1ccccn1)C2. The molecule has 6 heteroatoms. The van der Waals surface area contributed by atoms with Gasteiger partial charge in [-0.3, -0.25) is 9.88 Å². The lowest BCUT2D eigenvalue weighted by molar-refractivity contribution is 0.0332. The van der Waals surface area contributed by atoms with Crippen molar-refractivity contribution in [3.8, 4) is 0 Å². The van der Waals surface area contributed by atoms with Gasteiger partial charge in [-0.15, -0.1) is 0 Å². The summed E-state index contributed by atoms with van der Waals surface area (Å²) in [6.45, 7) is 3.34. The van der Waals surface area contributed by atoms with Crippen molar-refractivity contribution in [2.45, 2.75) is 44.2 Å². The van der Waals surface area contributed by atoms with E-state index in [2.05, 4.69) is 9.88 Å². The van der Waals surface area contributed by atoms with Crippen molar-refractivity contribution in [1.29, 1.82) is 0 Å². The molecule has 1 atom stereocenters. The number of piperidine rings is 2. The van der Waals surface area contributed by atoms with Crippen LogP contribution in [-0.4, -0.2) is 54.0 Å². The molecule has 0 N–H and O–H groups in total. The standard InChI is InChI=1S/C16H25N3O2S/c1-22(20,21)19-12-5-3-8-16(19)9-6-11-18(14-16)13-15-7-2-4-10-17-15/h2,4,7,10H,3,5-6,8-9,11-14H2,1H3/t16-/m1/s1. The second-order valence-electron chi connectivity index (χ2n) is 6.65. The number of rotatable bonds is 3. The van der Waals surface area contributed by atoms with Crippen molar-refractivity contribution in [2.24, 2.45) is 0 Å². The first-order valence-corrected chi connectivity index (χ1v) is 9.95. The van der Waals surface area contributed by atoms with Gasteiger partial charge in [-0.05, 0) is 44.4 Å². The lowest BCUT2D eigenvalue weighted by atomic mass is 9.81. The van der Waals surface area contributed by atoms with E-state index in [1.54, 1.807) is 4.31 Å². The molecule has 1 spiro atoms. The van der Waals surface area contributed by atoms with E-state index < -0.39 is 10.0 Å². The largest absolute Gasteiger partial charge is 0.296 e. The molecule has 0 unspecified atom stereocenters. The van der Waals surface area contributed by atoms with E-state index in [0.29, 0.717) is 6.54 Å². The first-order valence-electron chi connectivity index (χ1n) is 8.10. The number of pyridine rings is 1. The van der Waals surface area contributed by atoms with Crippen LogP contribution in [0.15, 0.2) is 24.4 Å². The van der Waals surface area contributed by atoms with E-state index in [0.717, 1.165) is 57.4 Å². The number of aromatic nitrogens is 1. The Morgan fingerprint density at radius 2 is 2.00 bits per heavy atom. The summed E-state index contributed by atoms with van der Waals surface area (Å²) in [5.74, 6) is 0. The molecule has 0 aromatic carbocycles. The highest BCUT2D eigenvalue weighted by atomic mass is 32.2. The summed E-state index contributed by atoms with van der Waals surface area (Å²) in [6.07, 6.45) is 8.31. The van der Waals surface area contributed by atoms with Crippen LogP contribution in [0.1, 0.15) is 37.8 Å². The molecular formula is C16H25N3O2S. The van der Waals surface area contributed by atoms with Crippen molar-refractivity contribution in [3.05, 3.63) is 30.1 Å². The molecule has 0 amide bonds. The second kappa shape index (κ2) is 6.26. The Hall–Kier alpha value is -0.980. The smallest absolute Gasteiger partial charge is 0.211 e. The van der Waals surface area contributed by atoms with Crippen molar-refractivity contribution in [1.82, 2.24) is 14.2 Å². The average Bonchev–Trinajstić information content (AvgIpc) is 2.47. The highest BCUT2D eigenvalue weighted by Gasteiger charge is 2.45. The Morgan fingerprint density at radius 3 is 2.73 bits per heavy atom. The van der Waals surface area contributed by atoms with Crippen molar-refractivity contribution < 1.29 is 8.42 Å². The van der Waals surface area contributed by atoms with E-state index in [-0.39, 0.29) is 5.54 Å². The van der Waals surface area contributed by atoms with Crippen LogP contribution >= 0.6 is 0 Å². The summed E-state index contributed by atoms with van der Waals surface area (Å²) in [6, 6.07) is 5.97. The van der Waals surface area contributed by atoms with Gasteiger partial charge in [0.25, 0.3) is 0 Å². The van der Waals surface area contributed by atoms with Gasteiger partial charge < -0.3 is 0 Å². The summed E-state index contributed by atoms with van der Waals surface area (Å²) in [7, 11) is -3.14. The molecule has 122 valence electrons. The van der Waals surface area contributed by atoms with Gasteiger partial charge in [0.1, 0.15) is 0 Å². The summed E-state index contributed by atoms with van der Waals surface area (Å²) in [5, 5.41) is 0. The van der Waals surface area contributed by atoms with Crippen LogP contribution in [0.25, 0.3) is 0 Å². The number of nitrogens with zero attached hydrogens (tertiary/aromatic N) is 3. The van der Waals surface area contributed by atoms with Gasteiger partial charge in [0.2, 0.25) is 10.0 Å². The average molecular weight is 323 g/mol. The summed E-state index contributed by atoms with van der Waals surface area (Å²) in [4.78, 5) is 6.77. The minimum Gasteiger partial charge on any atom is -0.296 e. The number of sulfonamides is 1. The molecule has 3 rings (SSSR count). The van der Waals surface area contributed by atoms with Gasteiger partial charge in [0.05, 0.1) is 11.9 Å². The number of likely N-dealkylation sites (tertiary alicyclic amines) is 1. The van der Waals surface area contributed by atoms with Gasteiger partial charge in [-0.1, -0.05) is 12.5 Å². The van der Waals surface area contributed by atoms with E-state index >= 15 is 0 Å². The molecule has 1 aromatic rings. The Kier molecular flexibility index (Phi) is 4.52. The molecule has 0 saturated carbocycles. The zero-order chi connectivity index (χ0) is 15.6. The van der Waals surface area contributed by atoms with Crippen LogP contribution < -0.4 is 0 Å². The fraction of sp³-hybridized carbons (Fsp3) is 0.688. The van der Waals surface area contributed by atoms with Gasteiger partial charge >= 0.3 is 0 Å². The predicted molar refractivity (Wildman–Crippen MR) is 86.9 cm³/mol. The highest BCUT2D eigenvalue weighted by molar-refractivity contribution is 7.88. The molecule has 5 nitrogen and oxygen atoms in total. The Bertz CT molecular complexity index is 601. The predicted octanol–water partition coefficient (Wildman–Crippen LogP) is 1.86. The quantitative estimate of drug-likeness (QED) is 0.852. The Morgan fingerprint density at radius 1 is 1.18 bits per heavy atom. The van der Waals surface area contributed by atoms with Crippen LogP contribution in [-0.2, 0) is 16.6 Å². The van der Waals surface area contributed by atoms with Crippen LogP contribution in [0.4, 0.5) is 0 Å². The van der Waals surface area contributed by atoms with Crippen LogP contribution in [0.5, 0.6) is 0 Å². The van der Waals surface area contributed by atoms with E-state index in [1.165, 1.54) is 6.26 Å². The minimum absolute atomic E-state index is 0.196. The van der Waals surface area contributed by atoms with E-state index in [9.17, 15) is 8.42 Å². The molecule has 1 aromatic heterocycles.